The molecular formula is C24H18N4. The number of aromatic nitrogens is 2. The van der Waals surface area contributed by atoms with Crippen LogP contribution in [0.15, 0.2) is 95.2 Å². The molecule has 28 heavy (non-hydrogen) atoms. The summed E-state index contributed by atoms with van der Waals surface area (Å²) in [4.78, 5) is 18.7. The molecule has 4 aromatic rings. The maximum absolute atomic E-state index is 4.93. The van der Waals surface area contributed by atoms with Gasteiger partial charge in [0.2, 0.25) is 0 Å². The monoisotopic (exact) mass is 362 g/mol. The lowest BCUT2D eigenvalue weighted by Gasteiger charge is -2.04. The van der Waals surface area contributed by atoms with Crippen molar-refractivity contribution in [2.24, 2.45) is 9.98 Å². The minimum Gasteiger partial charge on any atom is -0.276 e. The number of hydrogen-bond acceptors (Lipinski definition) is 4. The summed E-state index contributed by atoms with van der Waals surface area (Å²) in [7, 11) is 0. The Bertz CT molecular complexity index is 1100. The van der Waals surface area contributed by atoms with E-state index in [2.05, 4.69) is 46.4 Å². The van der Waals surface area contributed by atoms with Crippen molar-refractivity contribution in [2.45, 2.75) is 13.1 Å². The molecule has 0 atom stereocenters. The van der Waals surface area contributed by atoms with Gasteiger partial charge in [-0.15, -0.1) is 0 Å². The number of hydrogen-bond donors (Lipinski definition) is 0. The first kappa shape index (κ1) is 16.5. The molecule has 0 amide bonds. The van der Waals surface area contributed by atoms with Crippen molar-refractivity contribution in [2.75, 3.05) is 0 Å². The lowest BCUT2D eigenvalue weighted by Crippen LogP contribution is -2.12. The van der Waals surface area contributed by atoms with Crippen LogP contribution in [0.5, 0.6) is 0 Å². The molecule has 0 aliphatic heterocycles. The highest BCUT2D eigenvalue weighted by Crippen LogP contribution is 2.32. The van der Waals surface area contributed by atoms with E-state index >= 15 is 0 Å². The summed E-state index contributed by atoms with van der Waals surface area (Å²) in [5, 5.41) is 2.44. The zero-order valence-electron chi connectivity index (χ0n) is 15.3. The number of rotatable bonds is 4. The van der Waals surface area contributed by atoms with Crippen LogP contribution in [0.2, 0.25) is 0 Å². The summed E-state index contributed by atoms with van der Waals surface area (Å²) >= 11 is 0. The Morgan fingerprint density at radius 3 is 1.57 bits per heavy atom. The average molecular weight is 362 g/mol. The molecule has 2 aromatic heterocycles. The Morgan fingerprint density at radius 1 is 0.571 bits per heavy atom. The number of pyridine rings is 2. The molecule has 5 rings (SSSR count). The molecule has 134 valence electrons. The second-order valence-electron chi connectivity index (χ2n) is 6.68. The van der Waals surface area contributed by atoms with Crippen LogP contribution in [0.3, 0.4) is 0 Å². The third kappa shape index (κ3) is 2.99. The lowest BCUT2D eigenvalue weighted by molar-refractivity contribution is 0.984. The van der Waals surface area contributed by atoms with E-state index in [-0.39, 0.29) is 0 Å². The maximum atomic E-state index is 4.93. The molecule has 4 heteroatoms. The molecule has 0 saturated carbocycles. The highest BCUT2D eigenvalue weighted by Gasteiger charge is 2.26. The van der Waals surface area contributed by atoms with Gasteiger partial charge >= 0.3 is 0 Å². The average Bonchev–Trinajstić information content (AvgIpc) is 3.07. The molecule has 0 N–H and O–H groups in total. The van der Waals surface area contributed by atoms with Gasteiger partial charge in [-0.1, -0.05) is 48.5 Å². The van der Waals surface area contributed by atoms with Crippen LogP contribution < -0.4 is 0 Å². The van der Waals surface area contributed by atoms with Crippen LogP contribution in [0, 0.1) is 0 Å². The van der Waals surface area contributed by atoms with E-state index < -0.39 is 0 Å². The van der Waals surface area contributed by atoms with Gasteiger partial charge in [-0.2, -0.15) is 0 Å². The molecule has 2 heterocycles. The van der Waals surface area contributed by atoms with Gasteiger partial charge in [0.15, 0.2) is 0 Å². The van der Waals surface area contributed by atoms with Crippen LogP contribution in [-0.2, 0) is 13.1 Å². The van der Waals surface area contributed by atoms with Crippen molar-refractivity contribution < 1.29 is 0 Å². The zero-order valence-corrected chi connectivity index (χ0v) is 15.3. The molecule has 0 saturated heterocycles. The van der Waals surface area contributed by atoms with E-state index in [0.717, 1.165) is 33.9 Å². The molecule has 0 fully saturated rings. The van der Waals surface area contributed by atoms with Crippen molar-refractivity contribution in [3.63, 3.8) is 0 Å². The van der Waals surface area contributed by atoms with Gasteiger partial charge in [0.05, 0.1) is 35.9 Å². The smallest absolute Gasteiger partial charge is 0.0916 e. The van der Waals surface area contributed by atoms with Gasteiger partial charge in [0, 0.05) is 28.9 Å². The topological polar surface area (TPSA) is 50.5 Å². The van der Waals surface area contributed by atoms with E-state index in [1.807, 2.05) is 36.4 Å². The second-order valence-corrected chi connectivity index (χ2v) is 6.68. The highest BCUT2D eigenvalue weighted by atomic mass is 14.9. The van der Waals surface area contributed by atoms with Gasteiger partial charge in [-0.3, -0.25) is 20.0 Å². The summed E-state index contributed by atoms with van der Waals surface area (Å²) in [5.41, 5.74) is 6.05. The fourth-order valence-corrected chi connectivity index (χ4v) is 3.61. The lowest BCUT2D eigenvalue weighted by atomic mass is 10.1. The molecular weight excluding hydrogens is 344 g/mol. The summed E-state index contributed by atoms with van der Waals surface area (Å²) < 4.78 is 0. The summed E-state index contributed by atoms with van der Waals surface area (Å²) in [6.45, 7) is 1.06. The molecule has 4 nitrogen and oxygen atoms in total. The van der Waals surface area contributed by atoms with Crippen molar-refractivity contribution in [3.05, 3.63) is 108 Å². The van der Waals surface area contributed by atoms with Crippen molar-refractivity contribution >= 4 is 22.2 Å². The van der Waals surface area contributed by atoms with E-state index in [1.165, 1.54) is 10.8 Å². The molecule has 1 aliphatic carbocycles. The Hall–Kier alpha value is -3.66. The number of nitrogens with zero attached hydrogens (tertiary/aromatic N) is 4. The van der Waals surface area contributed by atoms with Gasteiger partial charge in [0.25, 0.3) is 0 Å². The molecule has 0 unspecified atom stereocenters. The highest BCUT2D eigenvalue weighted by molar-refractivity contribution is 6.60. The Morgan fingerprint density at radius 2 is 1.11 bits per heavy atom. The Kier molecular flexibility index (Phi) is 4.22. The minimum absolute atomic E-state index is 0.531. The predicted octanol–water partition coefficient (Wildman–Crippen LogP) is 4.62. The molecule has 0 radical (unpaired) electrons. The van der Waals surface area contributed by atoms with Crippen LogP contribution in [-0.4, -0.2) is 21.4 Å². The van der Waals surface area contributed by atoms with E-state index in [1.54, 1.807) is 12.4 Å². The molecule has 1 aliphatic rings. The summed E-state index contributed by atoms with van der Waals surface area (Å²) in [6, 6.07) is 24.5. The standard InChI is InChI=1S/C24H18N4/c1-3-13-25-18(9-1)15-27-23-20-11-5-7-17-8-6-12-21(22(17)20)24(23)28-16-19-10-2-4-14-26-19/h1-14H,15-16H2. The van der Waals surface area contributed by atoms with Gasteiger partial charge in [-0.25, -0.2) is 0 Å². The minimum atomic E-state index is 0.531. The molecule has 0 bridgehead atoms. The molecule has 2 aromatic carbocycles. The van der Waals surface area contributed by atoms with Gasteiger partial charge < -0.3 is 0 Å². The first-order valence-electron chi connectivity index (χ1n) is 9.32. The van der Waals surface area contributed by atoms with Crippen LogP contribution in [0.4, 0.5) is 0 Å². The normalized spacial score (nSPS) is 15.6. The van der Waals surface area contributed by atoms with Crippen LogP contribution in [0.25, 0.3) is 10.8 Å². The largest absolute Gasteiger partial charge is 0.276 e. The summed E-state index contributed by atoms with van der Waals surface area (Å²) in [5.74, 6) is 0. The Balaban J connectivity index is 1.61. The third-order valence-electron chi connectivity index (χ3n) is 4.89. The van der Waals surface area contributed by atoms with Crippen molar-refractivity contribution in [3.8, 4) is 0 Å². The SMILES string of the molecule is c1ccc(CN=C2C(=NCc3ccccn3)c3cccc4cccc2c34)nc1. The number of benzene rings is 2. The van der Waals surface area contributed by atoms with E-state index in [4.69, 9.17) is 9.98 Å². The first-order chi connectivity index (χ1) is 13.9. The fourth-order valence-electron chi connectivity index (χ4n) is 3.61. The van der Waals surface area contributed by atoms with Crippen molar-refractivity contribution in [1.82, 2.24) is 9.97 Å². The van der Waals surface area contributed by atoms with Crippen molar-refractivity contribution in [1.29, 1.82) is 0 Å². The van der Waals surface area contributed by atoms with Gasteiger partial charge in [-0.05, 0) is 29.7 Å². The first-order valence-corrected chi connectivity index (χ1v) is 9.32. The number of aliphatic imine (C=N–C) groups is 2. The third-order valence-corrected chi connectivity index (χ3v) is 4.89. The maximum Gasteiger partial charge on any atom is 0.0916 e. The van der Waals surface area contributed by atoms with E-state index in [0.29, 0.717) is 13.1 Å². The van der Waals surface area contributed by atoms with E-state index in [9.17, 15) is 0 Å². The Labute approximate surface area is 163 Å². The van der Waals surface area contributed by atoms with Gasteiger partial charge in [0.1, 0.15) is 0 Å². The predicted molar refractivity (Wildman–Crippen MR) is 113 cm³/mol. The van der Waals surface area contributed by atoms with Crippen LogP contribution in [0.1, 0.15) is 22.5 Å². The second kappa shape index (κ2) is 7.16. The fraction of sp³-hybridized carbons (Fsp3) is 0.0833. The zero-order chi connectivity index (χ0) is 18.8. The van der Waals surface area contributed by atoms with Crippen LogP contribution >= 0.6 is 0 Å². The summed E-state index contributed by atoms with van der Waals surface area (Å²) in [6.07, 6.45) is 3.60. The quantitative estimate of drug-likeness (QED) is 0.532. The molecule has 0 spiro atoms.